The van der Waals surface area contributed by atoms with E-state index in [1.807, 2.05) is 22.9 Å². The average Bonchev–Trinajstić information content (AvgIpc) is 3.13. The molecule has 6 heteroatoms. The Balaban J connectivity index is 1.53. The van der Waals surface area contributed by atoms with Gasteiger partial charge in [-0.15, -0.1) is 0 Å². The van der Waals surface area contributed by atoms with Gasteiger partial charge in [-0.25, -0.2) is 4.98 Å². The number of hydrogen-bond acceptors (Lipinski definition) is 3. The molecule has 3 aromatic rings. The fourth-order valence-electron chi connectivity index (χ4n) is 2.07. The van der Waals surface area contributed by atoms with Crippen molar-refractivity contribution in [2.45, 2.75) is 13.0 Å². The monoisotopic (exact) mass is 269 g/mol. The minimum absolute atomic E-state index is 0.0567. The maximum absolute atomic E-state index is 12.0. The topological polar surface area (TPSA) is 75.6 Å². The van der Waals surface area contributed by atoms with Gasteiger partial charge in [0, 0.05) is 36.4 Å². The summed E-state index contributed by atoms with van der Waals surface area (Å²) < 4.78 is 1.99. The van der Waals surface area contributed by atoms with Gasteiger partial charge in [0.2, 0.25) is 0 Å². The van der Waals surface area contributed by atoms with Crippen molar-refractivity contribution in [2.24, 2.45) is 0 Å². The highest BCUT2D eigenvalue weighted by molar-refractivity contribution is 5.97. The van der Waals surface area contributed by atoms with Crippen LogP contribution in [0.5, 0.6) is 0 Å². The minimum atomic E-state index is -0.0567. The van der Waals surface area contributed by atoms with Crippen molar-refractivity contribution in [3.8, 4) is 0 Å². The standard InChI is InChI=1S/C14H15N5O/c20-14(16-4-1-6-19-7-5-15-10-19)11-2-3-13-12(8-11)9-17-18-13/h2-3,5,7-10H,1,4,6H2,(H,16,20)(H,17,18). The van der Waals surface area contributed by atoms with Gasteiger partial charge in [0.1, 0.15) is 0 Å². The zero-order valence-corrected chi connectivity index (χ0v) is 10.9. The summed E-state index contributed by atoms with van der Waals surface area (Å²) in [5.74, 6) is -0.0567. The van der Waals surface area contributed by atoms with Crippen LogP contribution in [-0.4, -0.2) is 32.2 Å². The summed E-state index contributed by atoms with van der Waals surface area (Å²) in [5.41, 5.74) is 1.59. The molecular formula is C14H15N5O. The predicted molar refractivity (Wildman–Crippen MR) is 75.3 cm³/mol. The van der Waals surface area contributed by atoms with Gasteiger partial charge in [-0.1, -0.05) is 0 Å². The van der Waals surface area contributed by atoms with Crippen LogP contribution >= 0.6 is 0 Å². The van der Waals surface area contributed by atoms with Crippen molar-refractivity contribution in [2.75, 3.05) is 6.54 Å². The number of carbonyl (C=O) groups excluding carboxylic acids is 1. The molecule has 2 N–H and O–H groups in total. The molecular weight excluding hydrogens is 254 g/mol. The first-order valence-corrected chi connectivity index (χ1v) is 6.50. The number of H-pyrrole nitrogens is 1. The van der Waals surface area contributed by atoms with Gasteiger partial charge in [-0.3, -0.25) is 9.89 Å². The van der Waals surface area contributed by atoms with Gasteiger partial charge in [0.25, 0.3) is 5.91 Å². The van der Waals surface area contributed by atoms with E-state index >= 15 is 0 Å². The number of nitrogens with zero attached hydrogens (tertiary/aromatic N) is 3. The van der Waals surface area contributed by atoms with Crippen molar-refractivity contribution in [1.82, 2.24) is 25.1 Å². The van der Waals surface area contributed by atoms with E-state index in [0.29, 0.717) is 12.1 Å². The molecule has 0 aliphatic rings. The molecule has 3 rings (SSSR count). The quantitative estimate of drug-likeness (QED) is 0.690. The Bertz CT molecular complexity index is 701. The average molecular weight is 269 g/mol. The van der Waals surface area contributed by atoms with Crippen molar-refractivity contribution < 1.29 is 4.79 Å². The van der Waals surface area contributed by atoms with E-state index in [-0.39, 0.29) is 5.91 Å². The first kappa shape index (κ1) is 12.4. The largest absolute Gasteiger partial charge is 0.352 e. The number of fused-ring (bicyclic) bond motifs is 1. The van der Waals surface area contributed by atoms with Gasteiger partial charge in [-0.05, 0) is 24.6 Å². The van der Waals surface area contributed by atoms with Crippen molar-refractivity contribution in [3.63, 3.8) is 0 Å². The van der Waals surface area contributed by atoms with E-state index < -0.39 is 0 Å². The summed E-state index contributed by atoms with van der Waals surface area (Å²) in [6.45, 7) is 1.49. The lowest BCUT2D eigenvalue weighted by atomic mass is 10.1. The Morgan fingerprint density at radius 1 is 1.40 bits per heavy atom. The molecule has 0 saturated carbocycles. The third-order valence-electron chi connectivity index (χ3n) is 3.14. The summed E-state index contributed by atoms with van der Waals surface area (Å²) in [4.78, 5) is 16.0. The molecule has 20 heavy (non-hydrogen) atoms. The third kappa shape index (κ3) is 2.69. The zero-order chi connectivity index (χ0) is 13.8. The highest BCUT2D eigenvalue weighted by Crippen LogP contribution is 2.12. The van der Waals surface area contributed by atoms with Crippen LogP contribution in [0.1, 0.15) is 16.8 Å². The molecule has 102 valence electrons. The van der Waals surface area contributed by atoms with Gasteiger partial charge >= 0.3 is 0 Å². The molecule has 0 aliphatic heterocycles. The number of aromatic amines is 1. The summed E-state index contributed by atoms with van der Waals surface area (Å²) in [6, 6.07) is 5.50. The first-order valence-electron chi connectivity index (χ1n) is 6.50. The predicted octanol–water partition coefficient (Wildman–Crippen LogP) is 1.58. The molecule has 0 fully saturated rings. The van der Waals surface area contributed by atoms with Crippen LogP contribution in [0.25, 0.3) is 10.9 Å². The normalized spacial score (nSPS) is 10.8. The van der Waals surface area contributed by atoms with E-state index in [2.05, 4.69) is 20.5 Å². The summed E-state index contributed by atoms with van der Waals surface area (Å²) in [5, 5.41) is 10.7. The lowest BCUT2D eigenvalue weighted by molar-refractivity contribution is 0.0953. The number of aromatic nitrogens is 4. The lowest BCUT2D eigenvalue weighted by Crippen LogP contribution is -2.25. The van der Waals surface area contributed by atoms with Gasteiger partial charge in [0.15, 0.2) is 0 Å². The Kier molecular flexibility index (Phi) is 3.45. The first-order chi connectivity index (χ1) is 9.83. The number of rotatable bonds is 5. The van der Waals surface area contributed by atoms with E-state index in [1.54, 1.807) is 24.8 Å². The highest BCUT2D eigenvalue weighted by Gasteiger charge is 2.06. The number of hydrogen-bond donors (Lipinski definition) is 2. The lowest BCUT2D eigenvalue weighted by Gasteiger charge is -2.06. The second kappa shape index (κ2) is 5.56. The van der Waals surface area contributed by atoms with E-state index in [9.17, 15) is 4.79 Å². The van der Waals surface area contributed by atoms with Gasteiger partial charge in [-0.2, -0.15) is 5.10 Å². The van der Waals surface area contributed by atoms with Crippen LogP contribution in [0.15, 0.2) is 43.1 Å². The van der Waals surface area contributed by atoms with E-state index in [0.717, 1.165) is 23.9 Å². The molecule has 1 amide bonds. The molecule has 0 aliphatic carbocycles. The maximum Gasteiger partial charge on any atom is 0.251 e. The number of nitrogens with one attached hydrogen (secondary N) is 2. The van der Waals surface area contributed by atoms with E-state index in [4.69, 9.17) is 0 Å². The van der Waals surface area contributed by atoms with Crippen molar-refractivity contribution in [3.05, 3.63) is 48.7 Å². The Labute approximate surface area is 115 Å². The molecule has 0 radical (unpaired) electrons. The number of amides is 1. The maximum atomic E-state index is 12.0. The third-order valence-corrected chi connectivity index (χ3v) is 3.14. The molecule has 0 bridgehead atoms. The van der Waals surface area contributed by atoms with Crippen LogP contribution in [0.2, 0.25) is 0 Å². The van der Waals surface area contributed by atoms with Crippen LogP contribution in [-0.2, 0) is 6.54 Å². The minimum Gasteiger partial charge on any atom is -0.352 e. The van der Waals surface area contributed by atoms with Crippen molar-refractivity contribution in [1.29, 1.82) is 0 Å². The Morgan fingerprint density at radius 3 is 3.20 bits per heavy atom. The van der Waals surface area contributed by atoms with Gasteiger partial charge < -0.3 is 9.88 Å². The van der Waals surface area contributed by atoms with Crippen LogP contribution < -0.4 is 5.32 Å². The highest BCUT2D eigenvalue weighted by atomic mass is 16.1. The Hall–Kier alpha value is -2.63. The Morgan fingerprint density at radius 2 is 2.35 bits per heavy atom. The molecule has 0 unspecified atom stereocenters. The van der Waals surface area contributed by atoms with Crippen molar-refractivity contribution >= 4 is 16.8 Å². The SMILES string of the molecule is O=C(NCCCn1ccnc1)c1ccc2[nH]ncc2c1. The van der Waals surface area contributed by atoms with Gasteiger partial charge in [0.05, 0.1) is 18.0 Å². The summed E-state index contributed by atoms with van der Waals surface area (Å²) >= 11 is 0. The fraction of sp³-hybridized carbons (Fsp3) is 0.214. The number of carbonyl (C=O) groups is 1. The number of benzene rings is 1. The molecule has 2 heterocycles. The number of imidazole rings is 1. The van der Waals surface area contributed by atoms with E-state index in [1.165, 1.54) is 0 Å². The fourth-order valence-corrected chi connectivity index (χ4v) is 2.07. The molecule has 0 spiro atoms. The molecule has 0 saturated heterocycles. The smallest absolute Gasteiger partial charge is 0.251 e. The second-order valence-electron chi connectivity index (χ2n) is 4.58. The molecule has 1 aromatic carbocycles. The van der Waals surface area contributed by atoms with Crippen LogP contribution in [0, 0.1) is 0 Å². The summed E-state index contributed by atoms with van der Waals surface area (Å²) in [6.07, 6.45) is 8.02. The van der Waals surface area contributed by atoms with Crippen LogP contribution in [0.3, 0.4) is 0 Å². The van der Waals surface area contributed by atoms with Crippen LogP contribution in [0.4, 0.5) is 0 Å². The molecule has 2 aromatic heterocycles. The molecule has 6 nitrogen and oxygen atoms in total. The number of aryl methyl sites for hydroxylation is 1. The zero-order valence-electron chi connectivity index (χ0n) is 10.9. The second-order valence-corrected chi connectivity index (χ2v) is 4.58. The molecule has 0 atom stereocenters. The summed E-state index contributed by atoms with van der Waals surface area (Å²) in [7, 11) is 0.